The summed E-state index contributed by atoms with van der Waals surface area (Å²) in [6.07, 6.45) is 4.60. The third kappa shape index (κ3) is 6.08. The second-order valence-corrected chi connectivity index (χ2v) is 7.18. The summed E-state index contributed by atoms with van der Waals surface area (Å²) in [6, 6.07) is 9.64. The first-order valence-corrected chi connectivity index (χ1v) is 9.90. The molecule has 9 heteroatoms. The van der Waals surface area contributed by atoms with Crippen molar-refractivity contribution in [1.82, 2.24) is 24.7 Å². The number of hydrogen-bond donors (Lipinski definition) is 1. The number of hydrogen-bond acceptors (Lipinski definition) is 6. The Morgan fingerprint density at radius 3 is 2.40 bits per heavy atom. The predicted octanol–water partition coefficient (Wildman–Crippen LogP) is 0.139. The van der Waals surface area contributed by atoms with Crippen LogP contribution in [0.4, 0.5) is 0 Å². The highest BCUT2D eigenvalue weighted by atomic mass is 16.2. The molecule has 1 saturated heterocycles. The van der Waals surface area contributed by atoms with E-state index in [2.05, 4.69) is 9.97 Å². The van der Waals surface area contributed by atoms with Crippen molar-refractivity contribution < 1.29 is 14.4 Å². The van der Waals surface area contributed by atoms with E-state index in [1.165, 1.54) is 18.6 Å². The van der Waals surface area contributed by atoms with Gasteiger partial charge in [0.1, 0.15) is 5.69 Å². The van der Waals surface area contributed by atoms with Crippen molar-refractivity contribution in [3.8, 4) is 0 Å². The Morgan fingerprint density at radius 1 is 1.03 bits per heavy atom. The number of carbonyl (C=O) groups excluding carboxylic acids is 3. The van der Waals surface area contributed by atoms with Gasteiger partial charge in [0.2, 0.25) is 11.8 Å². The molecule has 1 aliphatic heterocycles. The molecule has 0 aliphatic carbocycles. The van der Waals surface area contributed by atoms with Gasteiger partial charge in [0.05, 0.1) is 12.7 Å². The molecular formula is C21H26N6O3. The van der Waals surface area contributed by atoms with Crippen LogP contribution in [0.15, 0.2) is 48.9 Å². The van der Waals surface area contributed by atoms with Crippen LogP contribution >= 0.6 is 0 Å². The standard InChI is InChI=1S/C21H26N6O3/c22-19(28)6-9-27(15-17-4-2-1-3-5-17)20(29)16-25-10-12-26(13-11-25)21(30)18-14-23-7-8-24-18/h1-5,7-8,14H,6,9-13,15-16H2,(H2,22,28). The zero-order valence-corrected chi connectivity index (χ0v) is 16.8. The molecule has 0 spiro atoms. The molecule has 3 amide bonds. The van der Waals surface area contributed by atoms with E-state index in [0.717, 1.165) is 5.56 Å². The summed E-state index contributed by atoms with van der Waals surface area (Å²) in [7, 11) is 0. The summed E-state index contributed by atoms with van der Waals surface area (Å²) in [5.41, 5.74) is 6.59. The van der Waals surface area contributed by atoms with Gasteiger partial charge in [-0.1, -0.05) is 30.3 Å². The minimum absolute atomic E-state index is 0.0613. The van der Waals surface area contributed by atoms with Crippen molar-refractivity contribution in [3.63, 3.8) is 0 Å². The topological polar surface area (TPSA) is 113 Å². The van der Waals surface area contributed by atoms with Crippen LogP contribution < -0.4 is 5.73 Å². The highest BCUT2D eigenvalue weighted by molar-refractivity contribution is 5.92. The smallest absolute Gasteiger partial charge is 0.274 e. The maximum Gasteiger partial charge on any atom is 0.274 e. The molecule has 9 nitrogen and oxygen atoms in total. The number of benzene rings is 1. The molecule has 2 N–H and O–H groups in total. The summed E-state index contributed by atoms with van der Waals surface area (Å²) >= 11 is 0. The number of nitrogens with zero attached hydrogens (tertiary/aromatic N) is 5. The molecule has 0 radical (unpaired) electrons. The molecule has 3 rings (SSSR count). The number of piperazine rings is 1. The SMILES string of the molecule is NC(=O)CCN(Cc1ccccc1)C(=O)CN1CCN(C(=O)c2cnccn2)CC1. The van der Waals surface area contributed by atoms with Crippen molar-refractivity contribution in [2.24, 2.45) is 5.73 Å². The Bertz CT molecular complexity index is 854. The second kappa shape index (κ2) is 10.4. The van der Waals surface area contributed by atoms with Crippen LogP contribution in [0.5, 0.6) is 0 Å². The Labute approximate surface area is 175 Å². The zero-order chi connectivity index (χ0) is 21.3. The predicted molar refractivity (Wildman–Crippen MR) is 110 cm³/mol. The lowest BCUT2D eigenvalue weighted by molar-refractivity contribution is -0.133. The Balaban J connectivity index is 1.54. The van der Waals surface area contributed by atoms with Gasteiger partial charge in [-0.2, -0.15) is 0 Å². The van der Waals surface area contributed by atoms with E-state index in [0.29, 0.717) is 38.4 Å². The van der Waals surface area contributed by atoms with Crippen LogP contribution in [0.2, 0.25) is 0 Å². The van der Waals surface area contributed by atoms with Crippen LogP contribution in [-0.2, 0) is 16.1 Å². The molecule has 0 unspecified atom stereocenters. The summed E-state index contributed by atoms with van der Waals surface area (Å²) in [5.74, 6) is -0.646. The molecule has 0 saturated carbocycles. The number of carbonyl (C=O) groups is 3. The molecule has 30 heavy (non-hydrogen) atoms. The van der Waals surface area contributed by atoms with Gasteiger partial charge in [0.25, 0.3) is 5.91 Å². The molecule has 1 aliphatic rings. The fourth-order valence-electron chi connectivity index (χ4n) is 3.31. The first-order valence-electron chi connectivity index (χ1n) is 9.90. The van der Waals surface area contributed by atoms with Crippen LogP contribution in [0.1, 0.15) is 22.5 Å². The number of nitrogens with two attached hydrogens (primary N) is 1. The third-order valence-corrected chi connectivity index (χ3v) is 5.00. The van der Waals surface area contributed by atoms with E-state index in [1.807, 2.05) is 35.2 Å². The zero-order valence-electron chi connectivity index (χ0n) is 16.8. The molecule has 2 heterocycles. The maximum absolute atomic E-state index is 12.9. The minimum Gasteiger partial charge on any atom is -0.370 e. The molecule has 0 bridgehead atoms. The molecule has 1 aromatic carbocycles. The summed E-state index contributed by atoms with van der Waals surface area (Å²) in [6.45, 7) is 3.16. The fourth-order valence-corrected chi connectivity index (χ4v) is 3.31. The maximum atomic E-state index is 12.9. The summed E-state index contributed by atoms with van der Waals surface area (Å²) in [4.78, 5) is 50.0. The van der Waals surface area contributed by atoms with E-state index in [1.54, 1.807) is 9.80 Å². The van der Waals surface area contributed by atoms with E-state index < -0.39 is 5.91 Å². The van der Waals surface area contributed by atoms with Gasteiger partial charge in [-0.05, 0) is 5.56 Å². The van der Waals surface area contributed by atoms with Gasteiger partial charge in [0.15, 0.2) is 0 Å². The monoisotopic (exact) mass is 410 g/mol. The highest BCUT2D eigenvalue weighted by Gasteiger charge is 2.25. The normalized spacial score (nSPS) is 14.3. The van der Waals surface area contributed by atoms with Crippen LogP contribution in [0.25, 0.3) is 0 Å². The summed E-state index contributed by atoms with van der Waals surface area (Å²) in [5, 5.41) is 0. The van der Waals surface area contributed by atoms with Gasteiger partial charge < -0.3 is 15.5 Å². The number of aromatic nitrogens is 2. The molecular weight excluding hydrogens is 384 g/mol. The Kier molecular flexibility index (Phi) is 7.45. The lowest BCUT2D eigenvalue weighted by Crippen LogP contribution is -2.51. The van der Waals surface area contributed by atoms with Gasteiger partial charge in [-0.25, -0.2) is 4.98 Å². The van der Waals surface area contributed by atoms with Crippen molar-refractivity contribution in [1.29, 1.82) is 0 Å². The fraction of sp³-hybridized carbons (Fsp3) is 0.381. The van der Waals surface area contributed by atoms with E-state index in [4.69, 9.17) is 5.73 Å². The minimum atomic E-state index is -0.433. The molecule has 1 fully saturated rings. The Hall–Kier alpha value is -3.33. The Morgan fingerprint density at radius 2 is 1.77 bits per heavy atom. The van der Waals surface area contributed by atoms with E-state index >= 15 is 0 Å². The van der Waals surface area contributed by atoms with Crippen LogP contribution in [-0.4, -0.2) is 81.7 Å². The van der Waals surface area contributed by atoms with Crippen molar-refractivity contribution >= 4 is 17.7 Å². The number of amides is 3. The first kappa shape index (κ1) is 21.4. The average Bonchev–Trinajstić information content (AvgIpc) is 2.77. The van der Waals surface area contributed by atoms with Gasteiger partial charge >= 0.3 is 0 Å². The van der Waals surface area contributed by atoms with Crippen molar-refractivity contribution in [2.75, 3.05) is 39.3 Å². The molecule has 2 aromatic rings. The molecule has 1 aromatic heterocycles. The third-order valence-electron chi connectivity index (χ3n) is 5.00. The lowest BCUT2D eigenvalue weighted by atomic mass is 10.2. The van der Waals surface area contributed by atoms with E-state index in [9.17, 15) is 14.4 Å². The molecule has 158 valence electrons. The van der Waals surface area contributed by atoms with Crippen molar-refractivity contribution in [2.45, 2.75) is 13.0 Å². The quantitative estimate of drug-likeness (QED) is 0.662. The van der Waals surface area contributed by atoms with Crippen LogP contribution in [0.3, 0.4) is 0 Å². The average molecular weight is 410 g/mol. The molecule has 0 atom stereocenters. The van der Waals surface area contributed by atoms with Crippen molar-refractivity contribution in [3.05, 3.63) is 60.2 Å². The lowest BCUT2D eigenvalue weighted by Gasteiger charge is -2.35. The van der Waals surface area contributed by atoms with Crippen LogP contribution in [0, 0.1) is 0 Å². The first-order chi connectivity index (χ1) is 14.5. The summed E-state index contributed by atoms with van der Waals surface area (Å²) < 4.78 is 0. The van der Waals surface area contributed by atoms with E-state index in [-0.39, 0.29) is 31.3 Å². The van der Waals surface area contributed by atoms with Gasteiger partial charge in [-0.15, -0.1) is 0 Å². The van der Waals surface area contributed by atoms with Gasteiger partial charge in [0, 0.05) is 58.1 Å². The number of rotatable bonds is 8. The largest absolute Gasteiger partial charge is 0.370 e. The second-order valence-electron chi connectivity index (χ2n) is 7.18. The highest BCUT2D eigenvalue weighted by Crippen LogP contribution is 2.09. The van der Waals surface area contributed by atoms with Gasteiger partial charge in [-0.3, -0.25) is 24.3 Å². The number of primary amides is 1.